The molecule has 0 spiro atoms. The van der Waals surface area contributed by atoms with Crippen molar-refractivity contribution in [3.05, 3.63) is 57.0 Å². The molecule has 2 heterocycles. The van der Waals surface area contributed by atoms with Gasteiger partial charge in [0.25, 0.3) is 0 Å². The van der Waals surface area contributed by atoms with Crippen LogP contribution in [-0.2, 0) is 19.0 Å². The van der Waals surface area contributed by atoms with Crippen LogP contribution in [0, 0.1) is 11.3 Å². The van der Waals surface area contributed by atoms with Crippen molar-refractivity contribution in [1.82, 2.24) is 0 Å². The van der Waals surface area contributed by atoms with Crippen molar-refractivity contribution in [2.45, 2.75) is 39.4 Å². The third kappa shape index (κ3) is 2.78. The number of carbonyl (C=O) groups excluding carboxylic acids is 2. The molecule has 0 fully saturated rings. The fourth-order valence-corrected chi connectivity index (χ4v) is 4.79. The van der Waals surface area contributed by atoms with Crippen molar-refractivity contribution in [2.75, 3.05) is 7.11 Å². The number of methoxy groups -OCH3 is 1. The van der Waals surface area contributed by atoms with Gasteiger partial charge in [-0.15, -0.1) is 11.3 Å². The van der Waals surface area contributed by atoms with Gasteiger partial charge in [-0.1, -0.05) is 19.9 Å². The second kappa shape index (κ2) is 6.46. The average Bonchev–Trinajstić information content (AvgIpc) is 3.27. The third-order valence-corrected chi connectivity index (χ3v) is 7.00. The summed E-state index contributed by atoms with van der Waals surface area (Å²) in [6.45, 7) is 6.03. The normalized spacial score (nSPS) is 32.3. The molecule has 0 N–H and O–H groups in total. The van der Waals surface area contributed by atoms with E-state index < -0.39 is 6.10 Å². The van der Waals surface area contributed by atoms with E-state index in [0.717, 1.165) is 11.1 Å². The van der Waals surface area contributed by atoms with Crippen LogP contribution in [0.3, 0.4) is 0 Å². The molecule has 1 aromatic rings. The second-order valence-electron chi connectivity index (χ2n) is 7.55. The summed E-state index contributed by atoms with van der Waals surface area (Å²) in [4.78, 5) is 25.1. The standard InChI is InChI=1S/C21H22O5S/c1-11-14-10-21(3)12(2)18(26-20(23)17-6-5-7-27-17)16(24-4)9-13(21)8-15(14)25-19(11)22/h5-9,12,16,18H,10H2,1-4H3/t12-,16-,18+,21+/m0/s1. The molecule has 0 aromatic carbocycles. The summed E-state index contributed by atoms with van der Waals surface area (Å²) in [6.07, 6.45) is 3.84. The van der Waals surface area contributed by atoms with Gasteiger partial charge in [0, 0.05) is 29.6 Å². The minimum absolute atomic E-state index is 0.000152. The SMILES string of the molecule is CO[C@H]1C=C2C=C3OC(=O)C(C)=C3C[C@]2(C)[C@@H](C)[C@H]1OC(=O)c1cccs1. The molecule has 4 atom stereocenters. The molecule has 0 amide bonds. The van der Waals surface area contributed by atoms with Crippen molar-refractivity contribution in [3.63, 3.8) is 0 Å². The molecule has 0 radical (unpaired) electrons. The first-order chi connectivity index (χ1) is 12.8. The lowest BCUT2D eigenvalue weighted by Crippen LogP contribution is -2.49. The van der Waals surface area contributed by atoms with Crippen molar-refractivity contribution < 1.29 is 23.8 Å². The van der Waals surface area contributed by atoms with Crippen LogP contribution in [0.25, 0.3) is 0 Å². The molecular weight excluding hydrogens is 364 g/mol. The number of allylic oxidation sites excluding steroid dienone is 3. The molecular formula is C21H22O5S. The highest BCUT2D eigenvalue weighted by Gasteiger charge is 2.51. The van der Waals surface area contributed by atoms with Gasteiger partial charge in [0.15, 0.2) is 0 Å². The first kappa shape index (κ1) is 18.2. The first-order valence-corrected chi connectivity index (χ1v) is 9.86. The monoisotopic (exact) mass is 386 g/mol. The zero-order valence-electron chi connectivity index (χ0n) is 15.8. The Kier molecular flexibility index (Phi) is 4.35. The smallest absolute Gasteiger partial charge is 0.348 e. The Bertz CT molecular complexity index is 892. The van der Waals surface area contributed by atoms with E-state index in [1.54, 1.807) is 20.1 Å². The van der Waals surface area contributed by atoms with E-state index in [2.05, 4.69) is 13.8 Å². The summed E-state index contributed by atoms with van der Waals surface area (Å²) >= 11 is 1.36. The maximum Gasteiger partial charge on any atom is 0.348 e. The second-order valence-corrected chi connectivity index (χ2v) is 8.50. The molecule has 0 unspecified atom stereocenters. The van der Waals surface area contributed by atoms with Crippen LogP contribution in [0.4, 0.5) is 0 Å². The van der Waals surface area contributed by atoms with Crippen LogP contribution in [-0.4, -0.2) is 31.3 Å². The maximum absolute atomic E-state index is 12.5. The predicted octanol–water partition coefficient (Wildman–Crippen LogP) is 4.03. The molecule has 0 bridgehead atoms. The lowest BCUT2D eigenvalue weighted by molar-refractivity contribution is -0.133. The molecule has 0 saturated carbocycles. The largest absolute Gasteiger partial charge is 0.455 e. The van der Waals surface area contributed by atoms with Gasteiger partial charge in [0.2, 0.25) is 0 Å². The molecule has 6 heteroatoms. The highest BCUT2D eigenvalue weighted by Crippen LogP contribution is 2.54. The van der Waals surface area contributed by atoms with Crippen molar-refractivity contribution >= 4 is 23.3 Å². The molecule has 142 valence electrons. The number of thiophene rings is 1. The Morgan fingerprint density at radius 3 is 2.85 bits per heavy atom. The average molecular weight is 386 g/mol. The Morgan fingerprint density at radius 2 is 2.19 bits per heavy atom. The first-order valence-electron chi connectivity index (χ1n) is 8.98. The number of carbonyl (C=O) groups is 2. The lowest BCUT2D eigenvalue weighted by Gasteiger charge is -2.48. The van der Waals surface area contributed by atoms with Gasteiger partial charge in [-0.3, -0.25) is 0 Å². The van der Waals surface area contributed by atoms with Crippen LogP contribution in [0.1, 0.15) is 36.9 Å². The molecule has 1 aromatic heterocycles. The fourth-order valence-electron chi connectivity index (χ4n) is 4.19. The van der Waals surface area contributed by atoms with E-state index in [1.807, 2.05) is 23.6 Å². The van der Waals surface area contributed by atoms with E-state index in [-0.39, 0.29) is 29.4 Å². The zero-order valence-corrected chi connectivity index (χ0v) is 16.6. The van der Waals surface area contributed by atoms with Crippen LogP contribution in [0.2, 0.25) is 0 Å². The lowest BCUT2D eigenvalue weighted by atomic mass is 9.60. The summed E-state index contributed by atoms with van der Waals surface area (Å²) in [5, 5.41) is 1.85. The van der Waals surface area contributed by atoms with Gasteiger partial charge in [-0.2, -0.15) is 0 Å². The minimum Gasteiger partial charge on any atom is -0.455 e. The van der Waals surface area contributed by atoms with Crippen molar-refractivity contribution in [1.29, 1.82) is 0 Å². The zero-order chi connectivity index (χ0) is 19.3. The van der Waals surface area contributed by atoms with Crippen molar-refractivity contribution in [3.8, 4) is 0 Å². The molecule has 5 nitrogen and oxygen atoms in total. The molecule has 1 aliphatic heterocycles. The van der Waals surface area contributed by atoms with Crippen LogP contribution < -0.4 is 0 Å². The van der Waals surface area contributed by atoms with Gasteiger partial charge in [-0.25, -0.2) is 9.59 Å². The predicted molar refractivity (Wildman–Crippen MR) is 101 cm³/mol. The van der Waals surface area contributed by atoms with Crippen LogP contribution in [0.15, 0.2) is 52.1 Å². The van der Waals surface area contributed by atoms with Crippen LogP contribution >= 0.6 is 11.3 Å². The number of hydrogen-bond donors (Lipinski definition) is 0. The van der Waals surface area contributed by atoms with E-state index in [1.165, 1.54) is 11.3 Å². The van der Waals surface area contributed by atoms with E-state index in [9.17, 15) is 9.59 Å². The van der Waals surface area contributed by atoms with E-state index in [4.69, 9.17) is 14.2 Å². The van der Waals surface area contributed by atoms with Gasteiger partial charge in [-0.05, 0) is 42.5 Å². The van der Waals surface area contributed by atoms with Gasteiger partial charge in [0.05, 0.1) is 0 Å². The third-order valence-electron chi connectivity index (χ3n) is 6.15. The number of fused-ring (bicyclic) bond motifs is 2. The maximum atomic E-state index is 12.5. The Labute approximate surface area is 162 Å². The molecule has 0 saturated heterocycles. The number of hydrogen-bond acceptors (Lipinski definition) is 6. The topological polar surface area (TPSA) is 61.8 Å². The Morgan fingerprint density at radius 1 is 1.41 bits per heavy atom. The van der Waals surface area contributed by atoms with Gasteiger partial charge in [0.1, 0.15) is 22.8 Å². The van der Waals surface area contributed by atoms with Crippen molar-refractivity contribution in [2.24, 2.45) is 11.3 Å². The number of ether oxygens (including phenoxy) is 3. The Balaban J connectivity index is 1.70. The summed E-state index contributed by atoms with van der Waals surface area (Å²) in [7, 11) is 1.62. The molecule has 3 aliphatic rings. The van der Waals surface area contributed by atoms with Gasteiger partial charge < -0.3 is 14.2 Å². The fraction of sp³-hybridized carbons (Fsp3) is 0.429. The summed E-state index contributed by atoms with van der Waals surface area (Å²) < 4.78 is 16.9. The summed E-state index contributed by atoms with van der Waals surface area (Å²) in [6, 6.07) is 3.59. The van der Waals surface area contributed by atoms with E-state index in [0.29, 0.717) is 22.6 Å². The molecule has 2 aliphatic carbocycles. The molecule has 4 rings (SSSR count). The Hall–Kier alpha value is -2.18. The summed E-state index contributed by atoms with van der Waals surface area (Å²) in [5.74, 6) is 0.0272. The van der Waals surface area contributed by atoms with Crippen LogP contribution in [0.5, 0.6) is 0 Å². The van der Waals surface area contributed by atoms with E-state index >= 15 is 0 Å². The van der Waals surface area contributed by atoms with Gasteiger partial charge >= 0.3 is 11.9 Å². The number of rotatable bonds is 3. The highest BCUT2D eigenvalue weighted by atomic mass is 32.1. The quantitative estimate of drug-likeness (QED) is 0.734. The number of esters is 2. The summed E-state index contributed by atoms with van der Waals surface area (Å²) in [5.41, 5.74) is 2.40. The minimum atomic E-state index is -0.410. The highest BCUT2D eigenvalue weighted by molar-refractivity contribution is 7.11. The molecule has 27 heavy (non-hydrogen) atoms.